The van der Waals surface area contributed by atoms with Gasteiger partial charge in [0, 0.05) is 0 Å². The summed E-state index contributed by atoms with van der Waals surface area (Å²) in [6.07, 6.45) is 18.9. The fourth-order valence-corrected chi connectivity index (χ4v) is 6.42. The van der Waals surface area contributed by atoms with Gasteiger partial charge in [0.05, 0.1) is 15.6 Å². The molecule has 0 bridgehead atoms. The van der Waals surface area contributed by atoms with Crippen LogP contribution in [0.5, 0.6) is 0 Å². The van der Waals surface area contributed by atoms with Gasteiger partial charge in [0.2, 0.25) is 0 Å². The second-order valence-electron chi connectivity index (χ2n) is 8.80. The molecule has 0 radical (unpaired) electrons. The van der Waals surface area contributed by atoms with Gasteiger partial charge in [-0.1, -0.05) is 99.5 Å². The molecule has 0 saturated heterocycles. The van der Waals surface area contributed by atoms with E-state index in [1.54, 1.807) is 0 Å². The predicted molar refractivity (Wildman–Crippen MR) is 119 cm³/mol. The second kappa shape index (κ2) is 10.5. The Bertz CT molecular complexity index is 548. The van der Waals surface area contributed by atoms with E-state index in [0.717, 1.165) is 5.02 Å². The van der Waals surface area contributed by atoms with E-state index in [9.17, 15) is 0 Å². The Balaban J connectivity index is 2.05. The minimum absolute atomic E-state index is 0.0450. The van der Waals surface area contributed by atoms with Crippen molar-refractivity contribution >= 4 is 23.2 Å². The molecule has 2 fully saturated rings. The first kappa shape index (κ1) is 21.5. The van der Waals surface area contributed by atoms with E-state index < -0.39 is 0 Å². The second-order valence-corrected chi connectivity index (χ2v) is 9.59. The molecule has 2 aliphatic rings. The van der Waals surface area contributed by atoms with Crippen LogP contribution in [-0.4, -0.2) is 7.05 Å². The highest BCUT2D eigenvalue weighted by atomic mass is 35.5. The Morgan fingerprint density at radius 1 is 0.741 bits per heavy atom. The Morgan fingerprint density at radius 2 is 1.19 bits per heavy atom. The lowest BCUT2D eigenvalue weighted by atomic mass is 9.62. The third-order valence-corrected chi connectivity index (χ3v) is 8.13. The topological polar surface area (TPSA) is 12.0 Å². The number of halogens is 2. The van der Waals surface area contributed by atoms with Crippen LogP contribution in [0.4, 0.5) is 0 Å². The lowest BCUT2D eigenvalue weighted by Crippen LogP contribution is -2.53. The van der Waals surface area contributed by atoms with Crippen LogP contribution in [0.25, 0.3) is 0 Å². The molecule has 2 aliphatic carbocycles. The molecule has 0 atom stereocenters. The van der Waals surface area contributed by atoms with Gasteiger partial charge >= 0.3 is 0 Å². The van der Waals surface area contributed by atoms with Crippen molar-refractivity contribution in [3.05, 3.63) is 33.8 Å². The SMILES string of the molecule is CNC(c1cccc(Cl)c1Cl)(C1CCCCCCC1)C1CCCCCCC1. The Hall–Kier alpha value is -0.240. The molecule has 1 N–H and O–H groups in total. The fraction of sp³-hybridized carbons (Fsp3) is 0.750. The number of rotatable bonds is 4. The van der Waals surface area contributed by atoms with Crippen molar-refractivity contribution in [2.24, 2.45) is 11.8 Å². The maximum atomic E-state index is 6.87. The highest BCUT2D eigenvalue weighted by Crippen LogP contribution is 2.50. The largest absolute Gasteiger partial charge is 0.310 e. The zero-order valence-corrected chi connectivity index (χ0v) is 18.6. The van der Waals surface area contributed by atoms with Crippen molar-refractivity contribution in [1.29, 1.82) is 0 Å². The molecule has 1 aromatic carbocycles. The minimum Gasteiger partial charge on any atom is -0.310 e. The van der Waals surface area contributed by atoms with Gasteiger partial charge in [-0.2, -0.15) is 0 Å². The predicted octanol–water partition coefficient (Wildman–Crippen LogP) is 8.13. The van der Waals surface area contributed by atoms with Crippen LogP contribution in [0.15, 0.2) is 18.2 Å². The van der Waals surface area contributed by atoms with Crippen molar-refractivity contribution in [1.82, 2.24) is 5.32 Å². The number of benzene rings is 1. The molecular formula is C24H37Cl2N. The summed E-state index contributed by atoms with van der Waals surface area (Å²) in [4.78, 5) is 0. The molecule has 152 valence electrons. The molecule has 0 amide bonds. The Morgan fingerprint density at radius 3 is 1.63 bits per heavy atom. The summed E-state index contributed by atoms with van der Waals surface area (Å²) in [5, 5.41) is 5.37. The first-order valence-corrected chi connectivity index (χ1v) is 12.1. The van der Waals surface area contributed by atoms with Gasteiger partial charge < -0.3 is 5.32 Å². The molecule has 0 heterocycles. The van der Waals surface area contributed by atoms with Crippen LogP contribution >= 0.6 is 23.2 Å². The summed E-state index contributed by atoms with van der Waals surface area (Å²) in [7, 11) is 2.18. The van der Waals surface area contributed by atoms with E-state index in [1.165, 1.54) is 95.5 Å². The highest BCUT2D eigenvalue weighted by Gasteiger charge is 2.46. The minimum atomic E-state index is -0.0450. The standard InChI is InChI=1S/C24H37Cl2N/c1-27-24(19-13-8-4-2-5-9-14-19,20-15-10-6-3-7-11-16-20)21-17-12-18-22(25)23(21)26/h12,17-20,27H,2-11,13-16H2,1H3. The average molecular weight is 410 g/mol. The molecule has 0 unspecified atom stereocenters. The molecule has 2 saturated carbocycles. The van der Waals surface area contributed by atoms with E-state index in [4.69, 9.17) is 23.2 Å². The average Bonchev–Trinajstić information content (AvgIpc) is 2.61. The summed E-state index contributed by atoms with van der Waals surface area (Å²) in [6.45, 7) is 0. The number of hydrogen-bond acceptors (Lipinski definition) is 1. The summed E-state index contributed by atoms with van der Waals surface area (Å²) in [5.74, 6) is 1.28. The number of nitrogens with one attached hydrogen (secondary N) is 1. The van der Waals surface area contributed by atoms with E-state index in [1.807, 2.05) is 6.07 Å². The molecule has 1 nitrogen and oxygen atoms in total. The highest BCUT2D eigenvalue weighted by molar-refractivity contribution is 6.42. The van der Waals surface area contributed by atoms with Gasteiger partial charge in [0.1, 0.15) is 0 Å². The molecule has 1 aromatic rings. The Labute approximate surface area is 176 Å². The van der Waals surface area contributed by atoms with Crippen molar-refractivity contribution in [3.8, 4) is 0 Å². The van der Waals surface area contributed by atoms with Crippen LogP contribution in [0.1, 0.15) is 95.5 Å². The summed E-state index contributed by atoms with van der Waals surface area (Å²) < 4.78 is 0. The normalized spacial score (nSPS) is 21.9. The van der Waals surface area contributed by atoms with Gasteiger partial charge in [0.15, 0.2) is 0 Å². The van der Waals surface area contributed by atoms with Crippen LogP contribution < -0.4 is 5.32 Å². The van der Waals surface area contributed by atoms with Gasteiger partial charge in [0.25, 0.3) is 0 Å². The third kappa shape index (κ3) is 4.85. The summed E-state index contributed by atoms with van der Waals surface area (Å²) in [5.41, 5.74) is 1.21. The molecule has 0 spiro atoms. The summed E-state index contributed by atoms with van der Waals surface area (Å²) in [6, 6.07) is 6.29. The van der Waals surface area contributed by atoms with Crippen molar-refractivity contribution in [2.45, 2.75) is 95.4 Å². The van der Waals surface area contributed by atoms with Crippen LogP contribution in [0.3, 0.4) is 0 Å². The van der Waals surface area contributed by atoms with E-state index in [0.29, 0.717) is 16.9 Å². The van der Waals surface area contributed by atoms with Crippen molar-refractivity contribution < 1.29 is 0 Å². The van der Waals surface area contributed by atoms with Crippen molar-refractivity contribution in [2.75, 3.05) is 7.05 Å². The first-order valence-electron chi connectivity index (χ1n) is 11.3. The molecule has 0 aromatic heterocycles. The molecule has 3 rings (SSSR count). The van der Waals surface area contributed by atoms with Gasteiger partial charge in [-0.15, -0.1) is 0 Å². The molecule has 27 heavy (non-hydrogen) atoms. The maximum absolute atomic E-state index is 6.87. The summed E-state index contributed by atoms with van der Waals surface area (Å²) >= 11 is 13.4. The van der Waals surface area contributed by atoms with E-state index in [2.05, 4.69) is 24.5 Å². The molecule has 3 heteroatoms. The van der Waals surface area contributed by atoms with Gasteiger partial charge in [-0.3, -0.25) is 0 Å². The van der Waals surface area contributed by atoms with Crippen LogP contribution in [0.2, 0.25) is 10.0 Å². The van der Waals surface area contributed by atoms with Crippen molar-refractivity contribution in [3.63, 3.8) is 0 Å². The smallest absolute Gasteiger partial charge is 0.0643 e. The van der Waals surface area contributed by atoms with Crippen LogP contribution in [0, 0.1) is 11.8 Å². The Kier molecular flexibility index (Phi) is 8.36. The van der Waals surface area contributed by atoms with E-state index >= 15 is 0 Å². The van der Waals surface area contributed by atoms with Gasteiger partial charge in [-0.25, -0.2) is 0 Å². The number of hydrogen-bond donors (Lipinski definition) is 1. The van der Waals surface area contributed by atoms with Gasteiger partial charge in [-0.05, 0) is 56.2 Å². The monoisotopic (exact) mass is 409 g/mol. The first-order chi connectivity index (χ1) is 13.2. The van der Waals surface area contributed by atoms with Crippen LogP contribution in [-0.2, 0) is 5.54 Å². The lowest BCUT2D eigenvalue weighted by molar-refractivity contribution is 0.0866. The lowest BCUT2D eigenvalue weighted by Gasteiger charge is -2.49. The molecular weight excluding hydrogens is 373 g/mol. The third-order valence-electron chi connectivity index (χ3n) is 7.31. The quantitative estimate of drug-likeness (QED) is 0.528. The molecule has 0 aliphatic heterocycles. The zero-order valence-electron chi connectivity index (χ0n) is 17.0. The maximum Gasteiger partial charge on any atom is 0.0643 e. The fourth-order valence-electron chi connectivity index (χ4n) is 5.96. The zero-order chi connectivity index (χ0) is 19.1. The van der Waals surface area contributed by atoms with E-state index in [-0.39, 0.29) is 5.54 Å².